The molecule has 1 saturated heterocycles. The van der Waals surface area contributed by atoms with Crippen LogP contribution in [0.3, 0.4) is 0 Å². The molecule has 1 aliphatic rings. The molecule has 3 aromatic rings. The standard InChI is InChI=1S/C26H23FN2O4/c1-3-33-21-11-10-18(13-16(21)2)24(30)22-23(19-8-4-5-9-20(19)27)29(26(32)25(22)31)15-17-7-6-12-28-14-17/h4-14,23,30H,3,15H2,1-2H3/b24-22+. The molecule has 0 saturated carbocycles. The number of pyridine rings is 1. The Hall–Kier alpha value is -4.00. The number of aryl methyl sites for hydroxylation is 1. The number of Topliss-reactive ketones (excluding diaryl/α,β-unsaturated/α-hetero) is 1. The molecule has 1 N–H and O–H groups in total. The predicted molar refractivity (Wildman–Crippen MR) is 121 cm³/mol. The van der Waals surface area contributed by atoms with Crippen molar-refractivity contribution in [1.29, 1.82) is 0 Å². The summed E-state index contributed by atoms with van der Waals surface area (Å²) in [6.45, 7) is 4.21. The lowest BCUT2D eigenvalue weighted by Gasteiger charge is -2.25. The molecule has 1 atom stereocenters. The Morgan fingerprint density at radius 3 is 2.61 bits per heavy atom. The van der Waals surface area contributed by atoms with Crippen LogP contribution in [0.15, 0.2) is 72.6 Å². The van der Waals surface area contributed by atoms with Crippen LogP contribution in [0.1, 0.15) is 35.2 Å². The van der Waals surface area contributed by atoms with E-state index < -0.39 is 23.5 Å². The molecule has 4 rings (SSSR count). The van der Waals surface area contributed by atoms with Crippen LogP contribution in [0.5, 0.6) is 5.75 Å². The fourth-order valence-corrected chi connectivity index (χ4v) is 4.02. The first kappa shape index (κ1) is 22.2. The van der Waals surface area contributed by atoms with Crippen molar-refractivity contribution in [2.24, 2.45) is 0 Å². The number of likely N-dealkylation sites (tertiary alicyclic amines) is 1. The Balaban J connectivity index is 1.86. The number of hydrogen-bond donors (Lipinski definition) is 1. The highest BCUT2D eigenvalue weighted by atomic mass is 19.1. The maximum atomic E-state index is 14.9. The van der Waals surface area contributed by atoms with Crippen LogP contribution in [0, 0.1) is 12.7 Å². The van der Waals surface area contributed by atoms with Crippen LogP contribution in [-0.2, 0) is 16.1 Å². The predicted octanol–water partition coefficient (Wildman–Crippen LogP) is 4.55. The quantitative estimate of drug-likeness (QED) is 0.341. The molecule has 1 aliphatic heterocycles. The molecule has 33 heavy (non-hydrogen) atoms. The van der Waals surface area contributed by atoms with Gasteiger partial charge in [0.25, 0.3) is 11.7 Å². The van der Waals surface area contributed by atoms with Gasteiger partial charge in [-0.25, -0.2) is 4.39 Å². The molecule has 6 nitrogen and oxygen atoms in total. The van der Waals surface area contributed by atoms with Crippen molar-refractivity contribution >= 4 is 17.4 Å². The summed E-state index contributed by atoms with van der Waals surface area (Å²) < 4.78 is 20.4. The fourth-order valence-electron chi connectivity index (χ4n) is 4.02. The van der Waals surface area contributed by atoms with Gasteiger partial charge < -0.3 is 14.7 Å². The molecule has 1 fully saturated rings. The van der Waals surface area contributed by atoms with E-state index >= 15 is 0 Å². The Morgan fingerprint density at radius 2 is 1.94 bits per heavy atom. The van der Waals surface area contributed by atoms with E-state index in [2.05, 4.69) is 4.98 Å². The van der Waals surface area contributed by atoms with Gasteiger partial charge in [0.15, 0.2) is 0 Å². The highest BCUT2D eigenvalue weighted by molar-refractivity contribution is 6.46. The number of hydrogen-bond acceptors (Lipinski definition) is 5. The number of benzene rings is 2. The second-order valence-corrected chi connectivity index (χ2v) is 7.72. The van der Waals surface area contributed by atoms with E-state index in [1.54, 1.807) is 48.8 Å². The number of aliphatic hydroxyl groups is 1. The van der Waals surface area contributed by atoms with Gasteiger partial charge in [-0.2, -0.15) is 0 Å². The Labute approximate surface area is 191 Å². The molecule has 2 aromatic carbocycles. The number of aliphatic hydroxyl groups excluding tert-OH is 1. The number of halogens is 1. The largest absolute Gasteiger partial charge is 0.507 e. The zero-order chi connectivity index (χ0) is 23.5. The third kappa shape index (κ3) is 4.22. The lowest BCUT2D eigenvalue weighted by atomic mass is 9.94. The summed E-state index contributed by atoms with van der Waals surface area (Å²) in [5, 5.41) is 11.2. The van der Waals surface area contributed by atoms with Gasteiger partial charge in [-0.15, -0.1) is 0 Å². The normalized spacial score (nSPS) is 17.4. The minimum Gasteiger partial charge on any atom is -0.507 e. The molecule has 1 unspecified atom stereocenters. The average Bonchev–Trinajstić information content (AvgIpc) is 3.06. The van der Waals surface area contributed by atoms with E-state index in [1.165, 1.54) is 23.1 Å². The number of amides is 1. The van der Waals surface area contributed by atoms with E-state index in [0.29, 0.717) is 23.5 Å². The van der Waals surface area contributed by atoms with Crippen molar-refractivity contribution < 1.29 is 23.8 Å². The van der Waals surface area contributed by atoms with Crippen LogP contribution in [-0.4, -0.2) is 33.3 Å². The number of carbonyl (C=O) groups excluding carboxylic acids is 2. The molecule has 7 heteroatoms. The smallest absolute Gasteiger partial charge is 0.295 e. The minimum absolute atomic E-state index is 0.0382. The number of ketones is 1. The summed E-state index contributed by atoms with van der Waals surface area (Å²) in [6.07, 6.45) is 3.17. The topological polar surface area (TPSA) is 79.7 Å². The van der Waals surface area contributed by atoms with Gasteiger partial charge in [-0.1, -0.05) is 24.3 Å². The molecule has 2 heterocycles. The van der Waals surface area contributed by atoms with Gasteiger partial charge in [-0.05, 0) is 55.3 Å². The average molecular weight is 446 g/mol. The zero-order valence-electron chi connectivity index (χ0n) is 18.3. The molecule has 168 valence electrons. The maximum Gasteiger partial charge on any atom is 0.295 e. The molecule has 1 amide bonds. The Bertz CT molecular complexity index is 1240. The lowest BCUT2D eigenvalue weighted by Crippen LogP contribution is -2.29. The van der Waals surface area contributed by atoms with Gasteiger partial charge in [0.1, 0.15) is 17.3 Å². The molecular formula is C26H23FN2O4. The third-order valence-electron chi connectivity index (χ3n) is 5.56. The minimum atomic E-state index is -1.08. The molecular weight excluding hydrogens is 423 g/mol. The highest BCUT2D eigenvalue weighted by Gasteiger charge is 2.47. The number of aromatic nitrogens is 1. The van der Waals surface area contributed by atoms with E-state index in [4.69, 9.17) is 4.74 Å². The molecule has 0 bridgehead atoms. The fraction of sp³-hybridized carbons (Fsp3) is 0.192. The first-order chi connectivity index (χ1) is 15.9. The number of carbonyl (C=O) groups is 2. The number of nitrogens with zero attached hydrogens (tertiary/aromatic N) is 2. The van der Waals surface area contributed by atoms with Crippen LogP contribution < -0.4 is 4.74 Å². The summed E-state index contributed by atoms with van der Waals surface area (Å²) in [7, 11) is 0. The maximum absolute atomic E-state index is 14.9. The Kier molecular flexibility index (Phi) is 6.22. The summed E-state index contributed by atoms with van der Waals surface area (Å²) in [5.74, 6) is -1.96. The van der Waals surface area contributed by atoms with E-state index in [0.717, 1.165) is 5.56 Å². The van der Waals surface area contributed by atoms with Crippen LogP contribution in [0.4, 0.5) is 4.39 Å². The van der Waals surface area contributed by atoms with Crippen LogP contribution in [0.25, 0.3) is 5.76 Å². The molecule has 1 aromatic heterocycles. The van der Waals surface area contributed by atoms with Crippen LogP contribution in [0.2, 0.25) is 0 Å². The van der Waals surface area contributed by atoms with Crippen molar-refractivity contribution in [3.63, 3.8) is 0 Å². The molecule has 0 aliphatic carbocycles. The first-order valence-electron chi connectivity index (χ1n) is 10.6. The van der Waals surface area contributed by atoms with E-state index in [1.807, 2.05) is 13.8 Å². The molecule has 0 spiro atoms. The number of rotatable bonds is 6. The van der Waals surface area contributed by atoms with E-state index in [-0.39, 0.29) is 23.4 Å². The zero-order valence-corrected chi connectivity index (χ0v) is 18.3. The van der Waals surface area contributed by atoms with E-state index in [9.17, 15) is 19.1 Å². The lowest BCUT2D eigenvalue weighted by molar-refractivity contribution is -0.140. The van der Waals surface area contributed by atoms with Gasteiger partial charge in [0.2, 0.25) is 0 Å². The third-order valence-corrected chi connectivity index (χ3v) is 5.56. The Morgan fingerprint density at radius 1 is 1.15 bits per heavy atom. The second-order valence-electron chi connectivity index (χ2n) is 7.72. The van der Waals surface area contributed by atoms with Gasteiger partial charge in [0.05, 0.1) is 18.2 Å². The first-order valence-corrected chi connectivity index (χ1v) is 10.6. The van der Waals surface area contributed by atoms with Gasteiger partial charge in [0, 0.05) is 30.1 Å². The second kappa shape index (κ2) is 9.24. The molecule has 0 radical (unpaired) electrons. The van der Waals surface area contributed by atoms with Crippen molar-refractivity contribution in [2.45, 2.75) is 26.4 Å². The summed E-state index contributed by atoms with van der Waals surface area (Å²) in [4.78, 5) is 31.4. The summed E-state index contributed by atoms with van der Waals surface area (Å²) in [5.41, 5.74) is 1.75. The monoisotopic (exact) mass is 446 g/mol. The van der Waals surface area contributed by atoms with Gasteiger partial charge >= 0.3 is 0 Å². The van der Waals surface area contributed by atoms with Crippen LogP contribution >= 0.6 is 0 Å². The van der Waals surface area contributed by atoms with Gasteiger partial charge in [-0.3, -0.25) is 14.6 Å². The van der Waals surface area contributed by atoms with Crippen molar-refractivity contribution in [3.8, 4) is 5.75 Å². The van der Waals surface area contributed by atoms with Crippen molar-refractivity contribution in [3.05, 3.63) is 101 Å². The van der Waals surface area contributed by atoms with Crippen molar-refractivity contribution in [1.82, 2.24) is 9.88 Å². The SMILES string of the molecule is CCOc1ccc(/C(O)=C2\C(=O)C(=O)N(Cc3cccnc3)C2c2ccccc2F)cc1C. The summed E-state index contributed by atoms with van der Waals surface area (Å²) >= 11 is 0. The summed E-state index contributed by atoms with van der Waals surface area (Å²) in [6, 6.07) is 13.3. The number of ether oxygens (including phenoxy) is 1. The van der Waals surface area contributed by atoms with Crippen molar-refractivity contribution in [2.75, 3.05) is 6.61 Å². The highest BCUT2D eigenvalue weighted by Crippen LogP contribution is 2.41.